The molecule has 6 heteroatoms. The van der Waals surface area contributed by atoms with Crippen LogP contribution in [0, 0.1) is 0 Å². The number of nitrogens with one attached hydrogen (secondary N) is 1. The summed E-state index contributed by atoms with van der Waals surface area (Å²) in [4.78, 5) is 26.0. The summed E-state index contributed by atoms with van der Waals surface area (Å²) < 4.78 is 5.88. The first-order valence-corrected chi connectivity index (χ1v) is 24.7. The van der Waals surface area contributed by atoms with Gasteiger partial charge in [0.15, 0.2) is 0 Å². The molecular formula is C51H95NO5. The largest absolute Gasteiger partial charge is 0.462 e. The number of hydrogen-bond acceptors (Lipinski definition) is 5. The summed E-state index contributed by atoms with van der Waals surface area (Å²) in [5, 5.41) is 23.7. The Morgan fingerprint density at radius 1 is 0.509 bits per heavy atom. The number of unbranched alkanes of at least 4 members (excludes halogenated alkanes) is 27. The summed E-state index contributed by atoms with van der Waals surface area (Å²) in [6.45, 7) is 6.40. The summed E-state index contributed by atoms with van der Waals surface area (Å²) in [7, 11) is 0. The van der Waals surface area contributed by atoms with E-state index in [-0.39, 0.29) is 24.9 Å². The topological polar surface area (TPSA) is 95.9 Å². The van der Waals surface area contributed by atoms with Gasteiger partial charge in [-0.25, -0.2) is 0 Å². The number of ether oxygens (including phenoxy) is 1. The van der Waals surface area contributed by atoms with E-state index in [0.717, 1.165) is 70.6 Å². The molecule has 0 aliphatic heterocycles. The van der Waals surface area contributed by atoms with Crippen molar-refractivity contribution < 1.29 is 24.5 Å². The number of hydrogen-bond donors (Lipinski definition) is 3. The van der Waals surface area contributed by atoms with Crippen LogP contribution in [0.25, 0.3) is 0 Å². The molecule has 0 heterocycles. The van der Waals surface area contributed by atoms with Crippen molar-refractivity contribution in [2.24, 2.45) is 0 Å². The maximum absolute atomic E-state index is 13.1. The van der Waals surface area contributed by atoms with E-state index < -0.39 is 18.2 Å². The summed E-state index contributed by atoms with van der Waals surface area (Å²) in [5.41, 5.74) is 0. The molecule has 334 valence electrons. The first kappa shape index (κ1) is 55.1. The van der Waals surface area contributed by atoms with Crippen molar-refractivity contribution in [3.8, 4) is 0 Å². The molecule has 57 heavy (non-hydrogen) atoms. The molecule has 3 unspecified atom stereocenters. The molecule has 0 aliphatic carbocycles. The van der Waals surface area contributed by atoms with Gasteiger partial charge in [0, 0.05) is 6.42 Å². The second-order valence-electron chi connectivity index (χ2n) is 16.9. The number of rotatable bonds is 44. The van der Waals surface area contributed by atoms with Crippen molar-refractivity contribution in [3.05, 3.63) is 36.5 Å². The minimum atomic E-state index is -0.798. The molecule has 0 aromatic rings. The van der Waals surface area contributed by atoms with Crippen molar-refractivity contribution in [2.45, 2.75) is 270 Å². The second-order valence-corrected chi connectivity index (χ2v) is 16.9. The van der Waals surface area contributed by atoms with E-state index in [4.69, 9.17) is 4.74 Å². The molecule has 3 N–H and O–H groups in total. The predicted molar refractivity (Wildman–Crippen MR) is 246 cm³/mol. The van der Waals surface area contributed by atoms with Crippen LogP contribution >= 0.6 is 0 Å². The first-order valence-electron chi connectivity index (χ1n) is 24.7. The first-order chi connectivity index (χ1) is 28.0. The van der Waals surface area contributed by atoms with Crippen LogP contribution in [0.5, 0.6) is 0 Å². The van der Waals surface area contributed by atoms with E-state index >= 15 is 0 Å². The van der Waals surface area contributed by atoms with Gasteiger partial charge in [-0.2, -0.15) is 0 Å². The second kappa shape index (κ2) is 45.2. The smallest absolute Gasteiger partial charge is 0.306 e. The van der Waals surface area contributed by atoms with Crippen molar-refractivity contribution >= 4 is 11.9 Å². The Hall–Kier alpha value is -1.92. The Balaban J connectivity index is 4.61. The van der Waals surface area contributed by atoms with Gasteiger partial charge in [-0.3, -0.25) is 9.59 Å². The molecule has 0 fully saturated rings. The lowest BCUT2D eigenvalue weighted by Gasteiger charge is -2.24. The van der Waals surface area contributed by atoms with Crippen LogP contribution in [0.3, 0.4) is 0 Å². The van der Waals surface area contributed by atoms with Gasteiger partial charge in [-0.15, -0.1) is 0 Å². The third kappa shape index (κ3) is 40.6. The molecule has 0 aliphatic rings. The third-order valence-corrected chi connectivity index (χ3v) is 11.2. The Bertz CT molecular complexity index is 946. The minimum absolute atomic E-state index is 0.0431. The quantitative estimate of drug-likeness (QED) is 0.0247. The van der Waals surface area contributed by atoms with Crippen LogP contribution in [-0.2, 0) is 14.3 Å². The van der Waals surface area contributed by atoms with Crippen LogP contribution < -0.4 is 5.32 Å². The molecule has 0 saturated heterocycles. The molecule has 0 saturated carbocycles. The molecule has 1 amide bonds. The van der Waals surface area contributed by atoms with Gasteiger partial charge >= 0.3 is 5.97 Å². The maximum Gasteiger partial charge on any atom is 0.306 e. The van der Waals surface area contributed by atoms with Crippen LogP contribution in [0.15, 0.2) is 36.5 Å². The fourth-order valence-electron chi connectivity index (χ4n) is 7.43. The summed E-state index contributed by atoms with van der Waals surface area (Å²) in [6, 6.07) is -0.714. The number of aliphatic hydroxyl groups is 2. The standard InChI is InChI=1S/C51H95NO5/c1-4-7-10-13-16-19-22-24-26-28-30-33-36-39-42-47(57-51(56)44-41-38-35-32-21-18-15-12-9-6-3)45-50(55)52-48(46-53)49(54)43-40-37-34-31-29-27-25-23-20-17-14-11-8-5-2/h12,15,26,28,30,33,47-49,53-54H,4-11,13-14,16-25,27,29,31-32,34-46H2,1-3H3,(H,52,55)/b15-12-,28-26+,33-30+. The number of amides is 1. The van der Waals surface area contributed by atoms with Gasteiger partial charge in [-0.05, 0) is 64.2 Å². The fraction of sp³-hybridized carbons (Fsp3) is 0.843. The molecule has 0 rings (SSSR count). The molecule has 0 bridgehead atoms. The Morgan fingerprint density at radius 2 is 0.947 bits per heavy atom. The van der Waals surface area contributed by atoms with E-state index in [0.29, 0.717) is 19.3 Å². The highest BCUT2D eigenvalue weighted by molar-refractivity contribution is 5.77. The van der Waals surface area contributed by atoms with Crippen molar-refractivity contribution in [3.63, 3.8) is 0 Å². The van der Waals surface area contributed by atoms with Gasteiger partial charge < -0.3 is 20.3 Å². The number of aliphatic hydroxyl groups excluding tert-OH is 2. The third-order valence-electron chi connectivity index (χ3n) is 11.2. The molecule has 0 spiro atoms. The van der Waals surface area contributed by atoms with E-state index in [2.05, 4.69) is 62.5 Å². The number of allylic oxidation sites excluding steroid dienone is 6. The maximum atomic E-state index is 13.1. The SMILES string of the molecule is CCC/C=C\CCCCCCCC(=O)OC(CCC/C=C/C=C/CCCCCCCCC)CC(=O)NC(CO)C(O)CCCCCCCCCCCCCCCC. The minimum Gasteiger partial charge on any atom is -0.462 e. The average molecular weight is 802 g/mol. The summed E-state index contributed by atoms with van der Waals surface area (Å²) >= 11 is 0. The zero-order chi connectivity index (χ0) is 41.7. The number of carbonyl (C=O) groups is 2. The lowest BCUT2D eigenvalue weighted by molar-refractivity contribution is -0.151. The molecule has 3 atom stereocenters. The average Bonchev–Trinajstić information content (AvgIpc) is 3.20. The van der Waals surface area contributed by atoms with E-state index in [1.165, 1.54) is 135 Å². The van der Waals surface area contributed by atoms with Gasteiger partial charge in [0.05, 0.1) is 25.2 Å². The van der Waals surface area contributed by atoms with Gasteiger partial charge in [0.2, 0.25) is 5.91 Å². The van der Waals surface area contributed by atoms with Crippen LogP contribution in [0.2, 0.25) is 0 Å². The molecule has 6 nitrogen and oxygen atoms in total. The number of esters is 1. The highest BCUT2D eigenvalue weighted by Crippen LogP contribution is 2.17. The van der Waals surface area contributed by atoms with Crippen LogP contribution in [-0.4, -0.2) is 46.9 Å². The Morgan fingerprint density at radius 3 is 1.46 bits per heavy atom. The van der Waals surface area contributed by atoms with Crippen molar-refractivity contribution in [1.29, 1.82) is 0 Å². The Labute approximate surface area is 353 Å². The van der Waals surface area contributed by atoms with E-state index in [9.17, 15) is 19.8 Å². The molecule has 0 radical (unpaired) electrons. The monoisotopic (exact) mass is 802 g/mol. The zero-order valence-electron chi connectivity index (χ0n) is 38.0. The summed E-state index contributed by atoms with van der Waals surface area (Å²) in [5.74, 6) is -0.528. The van der Waals surface area contributed by atoms with Gasteiger partial charge in [-0.1, -0.05) is 211 Å². The van der Waals surface area contributed by atoms with Gasteiger partial charge in [0.25, 0.3) is 0 Å². The zero-order valence-corrected chi connectivity index (χ0v) is 38.0. The van der Waals surface area contributed by atoms with Gasteiger partial charge in [0.1, 0.15) is 6.10 Å². The van der Waals surface area contributed by atoms with Crippen LogP contribution in [0.1, 0.15) is 252 Å². The Kier molecular flexibility index (Phi) is 43.6. The highest BCUT2D eigenvalue weighted by atomic mass is 16.5. The fourth-order valence-corrected chi connectivity index (χ4v) is 7.43. The molecule has 0 aromatic carbocycles. The molecular weight excluding hydrogens is 707 g/mol. The summed E-state index contributed by atoms with van der Waals surface area (Å²) in [6.07, 6.45) is 52.1. The van der Waals surface area contributed by atoms with Crippen molar-refractivity contribution in [2.75, 3.05) is 6.61 Å². The predicted octanol–water partition coefficient (Wildman–Crippen LogP) is 14.5. The normalized spacial score (nSPS) is 13.6. The highest BCUT2D eigenvalue weighted by Gasteiger charge is 2.24. The van der Waals surface area contributed by atoms with Crippen molar-refractivity contribution in [1.82, 2.24) is 5.32 Å². The van der Waals surface area contributed by atoms with E-state index in [1.807, 2.05) is 0 Å². The van der Waals surface area contributed by atoms with E-state index in [1.54, 1.807) is 0 Å². The lowest BCUT2D eigenvalue weighted by Crippen LogP contribution is -2.46. The number of carbonyl (C=O) groups excluding carboxylic acids is 2. The lowest BCUT2D eigenvalue weighted by atomic mass is 10.0. The van der Waals surface area contributed by atoms with Crippen LogP contribution in [0.4, 0.5) is 0 Å². The molecule has 0 aromatic heterocycles.